The Balaban J connectivity index is 1.56. The maximum absolute atomic E-state index is 14.0. The van der Waals surface area contributed by atoms with Crippen LogP contribution < -0.4 is 4.90 Å². The van der Waals surface area contributed by atoms with Crippen molar-refractivity contribution in [1.29, 1.82) is 0 Å². The highest BCUT2D eigenvalue weighted by Crippen LogP contribution is 2.28. The number of amides is 1. The molecule has 0 unspecified atom stereocenters. The number of carbonyl (C=O) groups excluding carboxylic acids is 1. The summed E-state index contributed by atoms with van der Waals surface area (Å²) in [5.41, 5.74) is 5.27. The van der Waals surface area contributed by atoms with Gasteiger partial charge in [-0.2, -0.15) is 4.31 Å². The molecule has 6 nitrogen and oxygen atoms in total. The number of piperazine rings is 1. The van der Waals surface area contributed by atoms with E-state index < -0.39 is 10.0 Å². The lowest BCUT2D eigenvalue weighted by atomic mass is 10.1. The van der Waals surface area contributed by atoms with Crippen LogP contribution in [-0.4, -0.2) is 56.3 Å². The molecule has 9 heteroatoms. The molecule has 3 aromatic carbocycles. The summed E-state index contributed by atoms with van der Waals surface area (Å²) in [6.07, 6.45) is 0. The quantitative estimate of drug-likeness (QED) is 0.360. The van der Waals surface area contributed by atoms with Gasteiger partial charge < -0.3 is 9.80 Å². The zero-order valence-electron chi connectivity index (χ0n) is 22.2. The van der Waals surface area contributed by atoms with Gasteiger partial charge in [0.15, 0.2) is 0 Å². The Bertz CT molecular complexity index is 1410. The molecule has 0 atom stereocenters. The number of benzene rings is 3. The standard InChI is InChI=1S/C29H33Cl2N3O3S/c1-20-15-22(3)29(23(4)16-20)38(36,37)34(18-24-6-9-25(30)10-7-24)19-28(35)33-13-11-32(12-14-33)27-17-26(31)8-5-21(27)2/h5-10,15-17H,11-14,18-19H2,1-4H3. The largest absolute Gasteiger partial charge is 0.368 e. The first-order valence-electron chi connectivity index (χ1n) is 12.6. The van der Waals surface area contributed by atoms with E-state index in [0.717, 1.165) is 22.4 Å². The Morgan fingerprint density at radius 1 is 0.816 bits per heavy atom. The van der Waals surface area contributed by atoms with Crippen LogP contribution in [0, 0.1) is 27.7 Å². The molecule has 3 aromatic rings. The van der Waals surface area contributed by atoms with Gasteiger partial charge in [0, 0.05) is 48.5 Å². The lowest BCUT2D eigenvalue weighted by Crippen LogP contribution is -2.52. The van der Waals surface area contributed by atoms with Gasteiger partial charge >= 0.3 is 0 Å². The molecular weight excluding hydrogens is 541 g/mol. The lowest BCUT2D eigenvalue weighted by molar-refractivity contribution is -0.131. The van der Waals surface area contributed by atoms with Crippen molar-refractivity contribution < 1.29 is 13.2 Å². The van der Waals surface area contributed by atoms with Crippen LogP contribution in [0.5, 0.6) is 0 Å². The number of rotatable bonds is 7. The minimum atomic E-state index is -3.96. The van der Waals surface area contributed by atoms with Crippen LogP contribution in [0.1, 0.15) is 27.8 Å². The van der Waals surface area contributed by atoms with Crippen LogP contribution in [-0.2, 0) is 21.4 Å². The second-order valence-corrected chi connectivity index (χ2v) is 12.7. The molecule has 1 saturated heterocycles. The Morgan fingerprint density at radius 2 is 1.39 bits per heavy atom. The van der Waals surface area contributed by atoms with E-state index in [1.54, 1.807) is 43.0 Å². The number of sulfonamides is 1. The maximum atomic E-state index is 14.0. The zero-order chi connectivity index (χ0) is 27.6. The first kappa shape index (κ1) is 28.4. The highest BCUT2D eigenvalue weighted by molar-refractivity contribution is 7.89. The van der Waals surface area contributed by atoms with Crippen LogP contribution in [0.15, 0.2) is 59.5 Å². The van der Waals surface area contributed by atoms with Gasteiger partial charge in [-0.05, 0) is 74.2 Å². The molecule has 4 rings (SSSR count). The first-order valence-corrected chi connectivity index (χ1v) is 14.8. The summed E-state index contributed by atoms with van der Waals surface area (Å²) in [5, 5.41) is 1.24. The van der Waals surface area contributed by atoms with Gasteiger partial charge in [-0.3, -0.25) is 4.79 Å². The van der Waals surface area contributed by atoms with E-state index in [1.165, 1.54) is 4.31 Å². The molecule has 1 amide bonds. The summed E-state index contributed by atoms with van der Waals surface area (Å²) in [6, 6.07) is 16.6. The van der Waals surface area contributed by atoms with Crippen molar-refractivity contribution in [2.24, 2.45) is 0 Å². The van der Waals surface area contributed by atoms with Gasteiger partial charge in [0.2, 0.25) is 15.9 Å². The molecule has 0 aromatic heterocycles. The van der Waals surface area contributed by atoms with Gasteiger partial charge in [-0.25, -0.2) is 8.42 Å². The number of halogens is 2. The fourth-order valence-electron chi connectivity index (χ4n) is 5.09. The Morgan fingerprint density at radius 3 is 2.00 bits per heavy atom. The summed E-state index contributed by atoms with van der Waals surface area (Å²) in [7, 11) is -3.96. The Hall–Kier alpha value is -2.58. The highest BCUT2D eigenvalue weighted by Gasteiger charge is 2.32. The third-order valence-electron chi connectivity index (χ3n) is 6.93. The number of nitrogens with zero attached hydrogens (tertiary/aromatic N) is 3. The number of anilines is 1. The van der Waals surface area contributed by atoms with Crippen molar-refractivity contribution in [3.05, 3.63) is 92.5 Å². The van der Waals surface area contributed by atoms with Crippen molar-refractivity contribution in [3.63, 3.8) is 0 Å². The van der Waals surface area contributed by atoms with E-state index in [4.69, 9.17) is 23.2 Å². The van der Waals surface area contributed by atoms with Crippen molar-refractivity contribution >= 4 is 44.8 Å². The molecule has 202 valence electrons. The van der Waals surface area contributed by atoms with Crippen LogP contribution in [0.4, 0.5) is 5.69 Å². The number of hydrogen-bond acceptors (Lipinski definition) is 4. The van der Waals surface area contributed by atoms with Crippen LogP contribution in [0.3, 0.4) is 0 Å². The monoisotopic (exact) mass is 573 g/mol. The van der Waals surface area contributed by atoms with Crippen LogP contribution in [0.25, 0.3) is 0 Å². The van der Waals surface area contributed by atoms with Gasteiger partial charge in [-0.15, -0.1) is 0 Å². The van der Waals surface area contributed by atoms with E-state index in [9.17, 15) is 13.2 Å². The Kier molecular flexibility index (Phi) is 8.72. The smallest absolute Gasteiger partial charge is 0.244 e. The second-order valence-electron chi connectivity index (χ2n) is 9.93. The topological polar surface area (TPSA) is 60.9 Å². The SMILES string of the molecule is Cc1cc(C)c(S(=O)(=O)N(CC(=O)N2CCN(c3cc(Cl)ccc3C)CC2)Cc2ccc(Cl)cc2)c(C)c1. The lowest BCUT2D eigenvalue weighted by Gasteiger charge is -2.37. The molecule has 1 aliphatic rings. The average Bonchev–Trinajstić information content (AvgIpc) is 2.85. The molecule has 0 bridgehead atoms. The fourth-order valence-corrected chi connectivity index (χ4v) is 7.17. The summed E-state index contributed by atoms with van der Waals surface area (Å²) < 4.78 is 29.3. The predicted molar refractivity (Wildman–Crippen MR) is 155 cm³/mol. The molecule has 1 aliphatic heterocycles. The maximum Gasteiger partial charge on any atom is 0.244 e. The van der Waals surface area contributed by atoms with Crippen molar-refractivity contribution in [1.82, 2.24) is 9.21 Å². The third kappa shape index (κ3) is 6.34. The minimum Gasteiger partial charge on any atom is -0.368 e. The predicted octanol–water partition coefficient (Wildman–Crippen LogP) is 5.77. The van der Waals surface area contributed by atoms with Crippen LogP contribution in [0.2, 0.25) is 10.0 Å². The molecular formula is C29H33Cl2N3O3S. The van der Waals surface area contributed by atoms with Gasteiger partial charge in [0.05, 0.1) is 11.4 Å². The normalized spacial score (nSPS) is 14.3. The molecule has 0 N–H and O–H groups in total. The van der Waals surface area contributed by atoms with E-state index in [1.807, 2.05) is 44.2 Å². The number of hydrogen-bond donors (Lipinski definition) is 0. The number of aryl methyl sites for hydroxylation is 4. The van der Waals surface area contributed by atoms with E-state index in [-0.39, 0.29) is 23.9 Å². The highest BCUT2D eigenvalue weighted by atomic mass is 35.5. The van der Waals surface area contributed by atoms with Crippen molar-refractivity contribution in [2.75, 3.05) is 37.6 Å². The molecule has 0 radical (unpaired) electrons. The van der Waals surface area contributed by atoms with E-state index >= 15 is 0 Å². The summed E-state index contributed by atoms with van der Waals surface area (Å²) in [5.74, 6) is -0.215. The molecule has 1 heterocycles. The molecule has 0 aliphatic carbocycles. The zero-order valence-corrected chi connectivity index (χ0v) is 24.5. The number of carbonyl (C=O) groups is 1. The van der Waals surface area contributed by atoms with E-state index in [0.29, 0.717) is 47.4 Å². The third-order valence-corrected chi connectivity index (χ3v) is 9.52. The summed E-state index contributed by atoms with van der Waals surface area (Å²) in [4.78, 5) is 17.7. The van der Waals surface area contributed by atoms with Gasteiger partial charge in [-0.1, -0.05) is 59.1 Å². The van der Waals surface area contributed by atoms with Gasteiger partial charge in [0.25, 0.3) is 0 Å². The summed E-state index contributed by atoms with van der Waals surface area (Å²) in [6.45, 7) is 9.70. The molecule has 38 heavy (non-hydrogen) atoms. The average molecular weight is 575 g/mol. The van der Waals surface area contributed by atoms with E-state index in [2.05, 4.69) is 4.90 Å². The van der Waals surface area contributed by atoms with Crippen LogP contribution >= 0.6 is 23.2 Å². The molecule has 0 spiro atoms. The first-order chi connectivity index (χ1) is 18.0. The second kappa shape index (κ2) is 11.7. The minimum absolute atomic E-state index is 0.0691. The molecule has 1 fully saturated rings. The fraction of sp³-hybridized carbons (Fsp3) is 0.345. The van der Waals surface area contributed by atoms with Crippen molar-refractivity contribution in [2.45, 2.75) is 39.1 Å². The summed E-state index contributed by atoms with van der Waals surface area (Å²) >= 11 is 12.3. The van der Waals surface area contributed by atoms with Crippen molar-refractivity contribution in [3.8, 4) is 0 Å². The van der Waals surface area contributed by atoms with Gasteiger partial charge in [0.1, 0.15) is 0 Å². The Labute approximate surface area is 235 Å². The molecule has 0 saturated carbocycles.